The van der Waals surface area contributed by atoms with Crippen LogP contribution in [0.3, 0.4) is 0 Å². The van der Waals surface area contributed by atoms with E-state index in [9.17, 15) is 24.1 Å². The molecule has 1 atom stereocenters. The number of aromatic nitrogens is 3. The van der Waals surface area contributed by atoms with Crippen LogP contribution in [0.2, 0.25) is 0 Å². The number of hydrogen-bond donors (Lipinski definition) is 3. The fraction of sp³-hybridized carbons (Fsp3) is 0.617. The van der Waals surface area contributed by atoms with Gasteiger partial charge in [-0.05, 0) is 67.1 Å². The summed E-state index contributed by atoms with van der Waals surface area (Å²) in [5, 5.41) is 14.1. The first-order valence-corrected chi connectivity index (χ1v) is 26.0. The number of nitrogens with one attached hydrogen (secondary N) is 3. The molecule has 1 unspecified atom stereocenters. The van der Waals surface area contributed by atoms with E-state index in [4.69, 9.17) is 49.6 Å². The van der Waals surface area contributed by atoms with Crippen molar-refractivity contribution in [3.8, 4) is 22.5 Å². The second-order valence-corrected chi connectivity index (χ2v) is 19.3. The van der Waals surface area contributed by atoms with Crippen LogP contribution in [0.25, 0.3) is 22.5 Å². The van der Waals surface area contributed by atoms with Gasteiger partial charge in [-0.1, -0.05) is 57.0 Å². The molecule has 0 bridgehead atoms. The molecule has 1 aliphatic rings. The van der Waals surface area contributed by atoms with Crippen molar-refractivity contribution in [2.45, 2.75) is 98.3 Å². The van der Waals surface area contributed by atoms with Crippen molar-refractivity contribution in [1.82, 2.24) is 20.5 Å². The van der Waals surface area contributed by atoms with Crippen molar-refractivity contribution < 1.29 is 61.9 Å². The largest absolute Gasteiger partial charge is 0.379 e. The Hall–Kier alpha value is -4.01. The molecule has 0 fully saturated rings. The molecule has 4 N–H and O–H groups in total. The molecule has 0 aliphatic carbocycles. The van der Waals surface area contributed by atoms with Gasteiger partial charge in [0.15, 0.2) is 0 Å². The number of ether oxygens (including phenoxy) is 5. The van der Waals surface area contributed by atoms with Gasteiger partial charge in [-0.25, -0.2) is 0 Å². The second kappa shape index (κ2) is 31.2. The van der Waals surface area contributed by atoms with Gasteiger partial charge >= 0.3 is 6.72 Å². The Morgan fingerprint density at radius 1 is 0.701 bits per heavy atom. The Morgan fingerprint density at radius 2 is 1.30 bits per heavy atom. The molecule has 2 heterocycles. The van der Waals surface area contributed by atoms with Gasteiger partial charge < -0.3 is 53.2 Å². The number of Topliss-reactive ketones (excluding diaryl/α,β-unsaturated/α-hetero) is 1. The van der Waals surface area contributed by atoms with Crippen molar-refractivity contribution in [2.75, 3.05) is 90.7 Å². The summed E-state index contributed by atoms with van der Waals surface area (Å²) >= 11 is 4.96. The first-order chi connectivity index (χ1) is 32.3. The van der Waals surface area contributed by atoms with Crippen molar-refractivity contribution in [1.29, 1.82) is 0 Å². The average Bonchev–Trinajstić information content (AvgIpc) is 3.71. The average molecular weight is 976 g/mol. The maximum Gasteiger partial charge on any atom is 0.324 e. The molecule has 20 heteroatoms. The molecule has 0 spiro atoms. The lowest BCUT2D eigenvalue weighted by molar-refractivity contribution is -0.486. The van der Waals surface area contributed by atoms with Gasteiger partial charge in [0.05, 0.1) is 96.6 Å². The predicted octanol–water partition coefficient (Wildman–Crippen LogP) is 5.20. The maximum absolute atomic E-state index is 13.8. The number of carbonyl (C=O) groups is 4. The molecular weight excluding hydrogens is 904 g/mol. The zero-order chi connectivity index (χ0) is 48.3. The summed E-state index contributed by atoms with van der Waals surface area (Å²) in [6.45, 7) is 9.88. The predicted molar refractivity (Wildman–Crippen MR) is 256 cm³/mol. The smallest absolute Gasteiger partial charge is 0.324 e. The molecule has 1 aliphatic heterocycles. The first kappa shape index (κ1) is 55.6. The summed E-state index contributed by atoms with van der Waals surface area (Å²) in [5.41, 5.74) is 4.90. The van der Waals surface area contributed by atoms with E-state index < -0.39 is 6.72 Å². The molecule has 67 heavy (non-hydrogen) atoms. The van der Waals surface area contributed by atoms with E-state index >= 15 is 0 Å². The third-order valence-corrected chi connectivity index (χ3v) is 12.1. The van der Waals surface area contributed by atoms with Gasteiger partial charge in [0.25, 0.3) is 5.69 Å². The number of H-pyrrole nitrogens is 1. The van der Waals surface area contributed by atoms with Crippen molar-refractivity contribution in [3.63, 3.8) is 0 Å². The number of anilines is 1. The molecule has 0 radical (unpaired) electrons. The van der Waals surface area contributed by atoms with Crippen molar-refractivity contribution in [2.24, 2.45) is 5.92 Å². The molecule has 3 aromatic rings. The van der Waals surface area contributed by atoms with Gasteiger partial charge in [-0.15, -0.1) is 0 Å². The molecule has 1 aromatic heterocycles. The number of hydrogen-bond acceptors (Lipinski definition) is 13. The van der Waals surface area contributed by atoms with Gasteiger partial charge in [0, 0.05) is 55.4 Å². The number of amides is 3. The number of fused-ring (bicyclic) bond motifs is 5. The Morgan fingerprint density at radius 3 is 2.01 bits per heavy atom. The highest BCUT2D eigenvalue weighted by molar-refractivity contribution is 8.07. The van der Waals surface area contributed by atoms with Gasteiger partial charge in [0.1, 0.15) is 12.3 Å². The number of rotatable bonds is 35. The number of ketones is 1. The number of carbonyl (C=O) groups excluding carboxylic acids is 4. The van der Waals surface area contributed by atoms with Gasteiger partial charge in [-0.3, -0.25) is 19.2 Å². The maximum atomic E-state index is 13.8. The second-order valence-electron chi connectivity index (χ2n) is 16.5. The van der Waals surface area contributed by atoms with E-state index in [1.54, 1.807) is 23.5 Å². The third-order valence-electron chi connectivity index (χ3n) is 10.4. The van der Waals surface area contributed by atoms with Crippen molar-refractivity contribution in [3.05, 3.63) is 54.1 Å². The van der Waals surface area contributed by atoms with E-state index in [0.29, 0.717) is 105 Å². The highest BCUT2D eigenvalue weighted by Gasteiger charge is 2.32. The highest BCUT2D eigenvalue weighted by Crippen LogP contribution is 2.45. The van der Waals surface area contributed by atoms with Crippen LogP contribution in [0, 0.1) is 5.92 Å². The summed E-state index contributed by atoms with van der Waals surface area (Å²) in [6.07, 6.45) is 3.95. The quantitative estimate of drug-likeness (QED) is 0.0511. The van der Waals surface area contributed by atoms with Crippen LogP contribution in [0.15, 0.2) is 48.5 Å². The number of benzene rings is 2. The molecule has 0 saturated heterocycles. The lowest BCUT2D eigenvalue weighted by Gasteiger charge is -2.27. The lowest BCUT2D eigenvalue weighted by atomic mass is 9.95. The van der Waals surface area contributed by atoms with E-state index in [1.807, 2.05) is 62.4 Å². The molecule has 0 saturated carbocycles. The van der Waals surface area contributed by atoms with E-state index in [1.165, 1.54) is 0 Å². The van der Waals surface area contributed by atoms with Crippen LogP contribution in [0.4, 0.5) is 5.69 Å². The van der Waals surface area contributed by atoms with Crippen LogP contribution in [-0.2, 0) is 76.8 Å². The summed E-state index contributed by atoms with van der Waals surface area (Å²) < 4.78 is 38.6. The Bertz CT molecular complexity index is 2020. The highest BCUT2D eigenvalue weighted by atomic mass is 32.5. The third kappa shape index (κ3) is 21.4. The molecular formula is C47H72N6O12PS+. The number of nitrogens with zero attached hydrogens (tertiary/aromatic N) is 3. The summed E-state index contributed by atoms with van der Waals surface area (Å²) in [7, 11) is 0. The standard InChI is InChI=1S/C47H71N6O12PS/c1-36(2)42(54)19-25-59-27-22-49-43(55)17-18-45(57)52-35-38-13-7-8-14-39(38)46-47(40-15-9-10-16-41(40)52)51-53(50-46)23-28-61-30-32-63-34-33-62-31-29-60-26-20-44(56)48-21-11-5-6-12-24-64-66(58,67)65-37(3)4/h7-10,13-16,36-37H,5-6,11-12,17-35H2,1-4H3,(H,48,56)(H,49,55)(H,58,67)/p+1. The normalized spacial score (nSPS) is 13.1. The minimum Gasteiger partial charge on any atom is -0.379 e. The zero-order valence-corrected chi connectivity index (χ0v) is 41.4. The number of aromatic amines is 1. The summed E-state index contributed by atoms with van der Waals surface area (Å²) in [6, 6.07) is 15.6. The molecule has 3 amide bonds. The minimum atomic E-state index is -3.16. The Kier molecular flexibility index (Phi) is 25.9. The zero-order valence-electron chi connectivity index (χ0n) is 39.7. The van der Waals surface area contributed by atoms with Crippen molar-refractivity contribution >= 4 is 47.7 Å². The van der Waals surface area contributed by atoms with E-state index in [0.717, 1.165) is 59.4 Å². The Balaban J connectivity index is 1.07. The van der Waals surface area contributed by atoms with Crippen LogP contribution in [0.5, 0.6) is 0 Å². The summed E-state index contributed by atoms with van der Waals surface area (Å²) in [4.78, 5) is 63.7. The number of para-hydroxylation sites is 1. The number of unbranched alkanes of at least 4 members (excludes halogenated alkanes) is 3. The topological polar surface area (TPSA) is 212 Å². The van der Waals surface area contributed by atoms with Crippen LogP contribution < -0.4 is 20.6 Å². The fourth-order valence-corrected chi connectivity index (χ4v) is 8.56. The molecule has 4 rings (SSSR count). The van der Waals surface area contributed by atoms with Crippen LogP contribution in [0.1, 0.15) is 84.6 Å². The Labute approximate surface area is 400 Å². The fourth-order valence-electron chi connectivity index (χ4n) is 6.87. The molecule has 18 nitrogen and oxygen atoms in total. The molecule has 372 valence electrons. The minimum absolute atomic E-state index is 0.0249. The van der Waals surface area contributed by atoms with Gasteiger partial charge in [-0.2, -0.15) is 5.10 Å². The van der Waals surface area contributed by atoms with E-state index in [2.05, 4.69) is 15.7 Å². The lowest BCUT2D eigenvalue weighted by Crippen LogP contribution is -2.34. The monoisotopic (exact) mass is 975 g/mol. The van der Waals surface area contributed by atoms with Gasteiger partial charge in [0.2, 0.25) is 23.4 Å². The van der Waals surface area contributed by atoms with Crippen LogP contribution in [-0.4, -0.2) is 130 Å². The van der Waals surface area contributed by atoms with E-state index in [-0.39, 0.29) is 54.8 Å². The molecule has 2 aromatic carbocycles. The summed E-state index contributed by atoms with van der Waals surface area (Å²) in [5.74, 6) is -0.360. The van der Waals surface area contributed by atoms with Crippen LogP contribution >= 0.6 is 6.72 Å². The SMILES string of the molecule is CC(C)OP(O)(=S)OCCCCCCNC(=O)CCOCCOCCOCCOCCn1nc2c([nH+]1)-c1ccccc1N(C(=O)CCC(=O)NCCOCCC(=O)C(C)C)Cc1ccccc1-2. The first-order valence-electron chi connectivity index (χ1n) is 23.4.